The summed E-state index contributed by atoms with van der Waals surface area (Å²) in [6.45, 7) is 0.284. The Hall–Kier alpha value is -4.13. The van der Waals surface area contributed by atoms with Crippen LogP contribution >= 0.6 is 0 Å². The Morgan fingerprint density at radius 3 is 2.40 bits per heavy atom. The molecule has 0 saturated heterocycles. The van der Waals surface area contributed by atoms with Crippen molar-refractivity contribution in [2.75, 3.05) is 11.9 Å². The first-order valence-corrected chi connectivity index (χ1v) is 9.42. The van der Waals surface area contributed by atoms with Gasteiger partial charge in [-0.3, -0.25) is 9.69 Å². The van der Waals surface area contributed by atoms with Crippen LogP contribution in [0.3, 0.4) is 0 Å². The molecule has 0 saturated carbocycles. The SMILES string of the molecule is CN(C(=O)Oc1ccc(C(=O)NCc2nc3ccccc3[nH]2)cc1)c1ccccc1. The molecule has 3 aromatic carbocycles. The zero-order valence-electron chi connectivity index (χ0n) is 16.3. The fourth-order valence-electron chi connectivity index (χ4n) is 2.96. The van der Waals surface area contributed by atoms with Crippen LogP contribution in [0.5, 0.6) is 5.75 Å². The number of ether oxygens (including phenoxy) is 1. The molecule has 0 fully saturated rings. The Balaban J connectivity index is 1.34. The molecular weight excluding hydrogens is 380 g/mol. The van der Waals surface area contributed by atoms with Crippen molar-refractivity contribution in [3.8, 4) is 5.75 Å². The maximum Gasteiger partial charge on any atom is 0.419 e. The number of hydrogen-bond acceptors (Lipinski definition) is 4. The highest BCUT2D eigenvalue weighted by Gasteiger charge is 2.14. The van der Waals surface area contributed by atoms with Gasteiger partial charge in [-0.2, -0.15) is 0 Å². The topological polar surface area (TPSA) is 87.3 Å². The molecule has 30 heavy (non-hydrogen) atoms. The van der Waals surface area contributed by atoms with Crippen LogP contribution < -0.4 is 15.0 Å². The fraction of sp³-hybridized carbons (Fsp3) is 0.0870. The van der Waals surface area contributed by atoms with Crippen LogP contribution in [0.1, 0.15) is 16.2 Å². The van der Waals surface area contributed by atoms with Crippen molar-refractivity contribution >= 4 is 28.7 Å². The summed E-state index contributed by atoms with van der Waals surface area (Å²) in [6.07, 6.45) is -0.511. The maximum absolute atomic E-state index is 12.4. The Morgan fingerprint density at radius 1 is 0.967 bits per heavy atom. The lowest BCUT2D eigenvalue weighted by Gasteiger charge is -2.16. The number of anilines is 1. The summed E-state index contributed by atoms with van der Waals surface area (Å²) in [4.78, 5) is 33.7. The second kappa shape index (κ2) is 8.48. The first-order valence-electron chi connectivity index (χ1n) is 9.42. The second-order valence-corrected chi connectivity index (χ2v) is 6.67. The lowest BCUT2D eigenvalue weighted by Crippen LogP contribution is -2.29. The number of benzene rings is 3. The molecule has 0 aliphatic rings. The molecule has 0 aliphatic carbocycles. The number of aromatic nitrogens is 2. The minimum atomic E-state index is -0.511. The number of carbonyl (C=O) groups excluding carboxylic acids is 2. The molecule has 1 heterocycles. The highest BCUT2D eigenvalue weighted by Crippen LogP contribution is 2.17. The Bertz CT molecular complexity index is 1140. The van der Waals surface area contributed by atoms with Gasteiger partial charge in [-0.05, 0) is 48.5 Å². The fourth-order valence-corrected chi connectivity index (χ4v) is 2.96. The van der Waals surface area contributed by atoms with Crippen LogP contribution in [-0.2, 0) is 6.54 Å². The average molecular weight is 400 g/mol. The molecule has 0 unspecified atom stereocenters. The number of nitrogens with one attached hydrogen (secondary N) is 2. The molecule has 0 radical (unpaired) electrons. The van der Waals surface area contributed by atoms with Gasteiger partial charge < -0.3 is 15.0 Å². The minimum Gasteiger partial charge on any atom is -0.410 e. The second-order valence-electron chi connectivity index (χ2n) is 6.67. The zero-order valence-corrected chi connectivity index (χ0v) is 16.3. The highest BCUT2D eigenvalue weighted by atomic mass is 16.6. The molecule has 7 nitrogen and oxygen atoms in total. The van der Waals surface area contributed by atoms with E-state index in [-0.39, 0.29) is 12.5 Å². The summed E-state index contributed by atoms with van der Waals surface area (Å²) in [5, 5.41) is 2.83. The standard InChI is InChI=1S/C23H20N4O3/c1-27(17-7-3-2-4-8-17)23(29)30-18-13-11-16(12-14-18)22(28)24-15-21-25-19-9-5-6-10-20(19)26-21/h2-14H,15H2,1H3,(H,24,28)(H,25,26). The third-order valence-electron chi connectivity index (χ3n) is 4.59. The van der Waals surface area contributed by atoms with Crippen LogP contribution in [0.25, 0.3) is 11.0 Å². The summed E-state index contributed by atoms with van der Waals surface area (Å²) in [6, 6.07) is 23.3. The molecule has 7 heteroatoms. The molecule has 0 spiro atoms. The first kappa shape index (κ1) is 19.2. The number of nitrogens with zero attached hydrogens (tertiary/aromatic N) is 2. The van der Waals surface area contributed by atoms with Gasteiger partial charge in [-0.1, -0.05) is 30.3 Å². The van der Waals surface area contributed by atoms with Crippen molar-refractivity contribution < 1.29 is 14.3 Å². The summed E-state index contributed by atoms with van der Waals surface area (Å²) >= 11 is 0. The van der Waals surface area contributed by atoms with Crippen molar-refractivity contribution in [2.24, 2.45) is 0 Å². The number of amides is 2. The van der Waals surface area contributed by atoms with Crippen molar-refractivity contribution in [1.29, 1.82) is 0 Å². The number of H-pyrrole nitrogens is 1. The third-order valence-corrected chi connectivity index (χ3v) is 4.59. The van der Waals surface area contributed by atoms with Gasteiger partial charge in [0, 0.05) is 18.3 Å². The number of rotatable bonds is 5. The zero-order chi connectivity index (χ0) is 20.9. The summed E-state index contributed by atoms with van der Waals surface area (Å²) in [5.41, 5.74) is 2.97. The van der Waals surface area contributed by atoms with Crippen molar-refractivity contribution in [1.82, 2.24) is 15.3 Å². The van der Waals surface area contributed by atoms with Gasteiger partial charge in [-0.15, -0.1) is 0 Å². The maximum atomic E-state index is 12.4. The van der Waals surface area contributed by atoms with E-state index in [4.69, 9.17) is 4.74 Å². The van der Waals surface area contributed by atoms with E-state index in [2.05, 4.69) is 15.3 Å². The number of aromatic amines is 1. The van der Waals surface area contributed by atoms with E-state index in [9.17, 15) is 9.59 Å². The van der Waals surface area contributed by atoms with E-state index < -0.39 is 6.09 Å². The third kappa shape index (κ3) is 4.30. The average Bonchev–Trinajstić information content (AvgIpc) is 3.21. The van der Waals surface area contributed by atoms with Crippen LogP contribution in [0.2, 0.25) is 0 Å². The van der Waals surface area contributed by atoms with Gasteiger partial charge in [0.25, 0.3) is 5.91 Å². The van der Waals surface area contributed by atoms with Gasteiger partial charge >= 0.3 is 6.09 Å². The summed E-state index contributed by atoms with van der Waals surface area (Å²) in [5.74, 6) is 0.797. The van der Waals surface area contributed by atoms with Crippen LogP contribution in [0.15, 0.2) is 78.9 Å². The van der Waals surface area contributed by atoms with Gasteiger partial charge in [-0.25, -0.2) is 9.78 Å². The van der Waals surface area contributed by atoms with E-state index in [0.717, 1.165) is 16.7 Å². The van der Waals surface area contributed by atoms with Gasteiger partial charge in [0.15, 0.2) is 0 Å². The van der Waals surface area contributed by atoms with Crippen molar-refractivity contribution in [2.45, 2.75) is 6.54 Å². The Morgan fingerprint density at radius 2 is 1.67 bits per heavy atom. The van der Waals surface area contributed by atoms with Crippen LogP contribution in [0, 0.1) is 0 Å². The predicted octanol–water partition coefficient (Wildman–Crippen LogP) is 4.13. The van der Waals surface area contributed by atoms with Gasteiger partial charge in [0.1, 0.15) is 11.6 Å². The number of imidazole rings is 1. The van der Waals surface area contributed by atoms with E-state index in [1.807, 2.05) is 54.6 Å². The normalized spacial score (nSPS) is 10.6. The molecule has 150 valence electrons. The minimum absolute atomic E-state index is 0.241. The Kier molecular flexibility index (Phi) is 5.43. The molecule has 0 aliphatic heterocycles. The van der Waals surface area contributed by atoms with Crippen molar-refractivity contribution in [3.05, 3.63) is 90.3 Å². The number of fused-ring (bicyclic) bond motifs is 1. The largest absolute Gasteiger partial charge is 0.419 e. The van der Waals surface area contributed by atoms with Crippen LogP contribution in [0.4, 0.5) is 10.5 Å². The number of carbonyl (C=O) groups is 2. The van der Waals surface area contributed by atoms with Crippen molar-refractivity contribution in [3.63, 3.8) is 0 Å². The predicted molar refractivity (Wildman–Crippen MR) is 115 cm³/mol. The monoisotopic (exact) mass is 400 g/mol. The molecule has 1 aromatic heterocycles. The quantitative estimate of drug-likeness (QED) is 0.527. The summed E-state index contributed by atoms with van der Waals surface area (Å²) in [7, 11) is 1.64. The van der Waals surface area contributed by atoms with E-state index in [1.165, 1.54) is 4.90 Å². The highest BCUT2D eigenvalue weighted by molar-refractivity contribution is 5.94. The molecule has 2 N–H and O–H groups in total. The Labute approximate surface area is 173 Å². The first-order chi connectivity index (χ1) is 14.6. The van der Waals surface area contributed by atoms with E-state index in [0.29, 0.717) is 17.1 Å². The smallest absolute Gasteiger partial charge is 0.410 e. The van der Waals surface area contributed by atoms with E-state index in [1.54, 1.807) is 31.3 Å². The number of hydrogen-bond donors (Lipinski definition) is 2. The number of para-hydroxylation sites is 3. The molecular formula is C23H20N4O3. The van der Waals surface area contributed by atoms with Gasteiger partial charge in [0.2, 0.25) is 0 Å². The lowest BCUT2D eigenvalue weighted by molar-refractivity contribution is 0.0950. The molecule has 2 amide bonds. The van der Waals surface area contributed by atoms with E-state index >= 15 is 0 Å². The molecule has 0 bridgehead atoms. The molecule has 0 atom stereocenters. The lowest BCUT2D eigenvalue weighted by atomic mass is 10.2. The molecule has 4 rings (SSSR count). The van der Waals surface area contributed by atoms with Gasteiger partial charge in [0.05, 0.1) is 17.6 Å². The van der Waals surface area contributed by atoms with Crippen LogP contribution in [-0.4, -0.2) is 29.0 Å². The molecule has 4 aromatic rings. The summed E-state index contributed by atoms with van der Waals surface area (Å²) < 4.78 is 5.37.